The van der Waals surface area contributed by atoms with Gasteiger partial charge < -0.3 is 4.74 Å². The fourth-order valence-electron chi connectivity index (χ4n) is 1.99. The van der Waals surface area contributed by atoms with Crippen molar-refractivity contribution in [1.29, 1.82) is 0 Å². The van der Waals surface area contributed by atoms with Crippen LogP contribution >= 0.6 is 11.6 Å². The molecule has 0 saturated carbocycles. The summed E-state index contributed by atoms with van der Waals surface area (Å²) < 4.78 is 5.08. The van der Waals surface area contributed by atoms with E-state index in [-0.39, 0.29) is 17.2 Å². The van der Waals surface area contributed by atoms with E-state index in [4.69, 9.17) is 16.3 Å². The Morgan fingerprint density at radius 3 is 2.57 bits per heavy atom. The number of hydrogen-bond donors (Lipinski definition) is 0. The summed E-state index contributed by atoms with van der Waals surface area (Å²) in [5.41, 5.74) is -0.495. The first-order valence-electron chi connectivity index (χ1n) is 7.18. The largest absolute Gasteiger partial charge is 0.462 e. The Bertz CT molecular complexity index is 491. The zero-order chi connectivity index (χ0) is 15.7. The first-order valence-corrected chi connectivity index (χ1v) is 7.55. The lowest BCUT2D eigenvalue weighted by molar-refractivity contribution is -0.385. The lowest BCUT2D eigenvalue weighted by atomic mass is 10.1. The van der Waals surface area contributed by atoms with Gasteiger partial charge in [-0.25, -0.2) is 4.79 Å². The zero-order valence-corrected chi connectivity index (χ0v) is 12.9. The first kappa shape index (κ1) is 17.4. The summed E-state index contributed by atoms with van der Waals surface area (Å²) in [7, 11) is 0. The van der Waals surface area contributed by atoms with Gasteiger partial charge in [-0.05, 0) is 18.6 Å². The Hall–Kier alpha value is -1.62. The van der Waals surface area contributed by atoms with Gasteiger partial charge in [0.15, 0.2) is 0 Å². The van der Waals surface area contributed by atoms with Crippen LogP contribution in [0.2, 0.25) is 5.02 Å². The van der Waals surface area contributed by atoms with Crippen molar-refractivity contribution >= 4 is 23.3 Å². The van der Waals surface area contributed by atoms with Crippen LogP contribution in [0, 0.1) is 10.1 Å². The van der Waals surface area contributed by atoms with Crippen LogP contribution in [0.4, 0.5) is 5.69 Å². The van der Waals surface area contributed by atoms with Crippen LogP contribution in [-0.4, -0.2) is 17.5 Å². The van der Waals surface area contributed by atoms with Crippen LogP contribution in [-0.2, 0) is 4.74 Å². The molecular formula is C15H20ClNO4. The van der Waals surface area contributed by atoms with Crippen LogP contribution in [0.1, 0.15) is 55.8 Å². The fourth-order valence-corrected chi connectivity index (χ4v) is 2.23. The molecule has 0 fully saturated rings. The van der Waals surface area contributed by atoms with Gasteiger partial charge in [-0.15, -0.1) is 0 Å². The van der Waals surface area contributed by atoms with E-state index in [2.05, 4.69) is 6.92 Å². The quantitative estimate of drug-likeness (QED) is 0.285. The molecule has 0 aliphatic heterocycles. The van der Waals surface area contributed by atoms with Crippen molar-refractivity contribution in [3.8, 4) is 0 Å². The van der Waals surface area contributed by atoms with E-state index in [1.807, 2.05) is 0 Å². The van der Waals surface area contributed by atoms with Gasteiger partial charge in [-0.2, -0.15) is 0 Å². The number of carbonyl (C=O) groups is 1. The van der Waals surface area contributed by atoms with Crippen molar-refractivity contribution in [2.75, 3.05) is 6.61 Å². The third-order valence-corrected chi connectivity index (χ3v) is 3.43. The fraction of sp³-hybridized carbons (Fsp3) is 0.533. The molecule has 1 aromatic rings. The molecule has 0 aliphatic rings. The minimum atomic E-state index is -0.697. The Kier molecular flexibility index (Phi) is 7.75. The molecule has 0 heterocycles. The predicted molar refractivity (Wildman–Crippen MR) is 81.8 cm³/mol. The highest BCUT2D eigenvalue weighted by Gasteiger charge is 2.24. The van der Waals surface area contributed by atoms with E-state index in [1.54, 1.807) is 0 Å². The number of rotatable bonds is 9. The van der Waals surface area contributed by atoms with Crippen molar-refractivity contribution in [3.63, 3.8) is 0 Å². The number of nitrogens with zero attached hydrogens (tertiary/aromatic N) is 1. The number of hydrogen-bond acceptors (Lipinski definition) is 4. The number of nitro groups is 1. The number of carbonyl (C=O) groups excluding carboxylic acids is 1. The molecule has 0 amide bonds. The number of unbranched alkanes of at least 4 members (excludes halogenated alkanes) is 5. The molecule has 1 rings (SSSR count). The standard InChI is InChI=1S/C15H20ClNO4/c1-2-3-4-5-6-7-11-21-15(18)12-9-8-10-13(16)14(12)17(19)20/h8-10H,2-7,11H2,1H3. The topological polar surface area (TPSA) is 69.4 Å². The van der Waals surface area contributed by atoms with E-state index in [9.17, 15) is 14.9 Å². The number of nitro benzene ring substituents is 1. The van der Waals surface area contributed by atoms with Crippen LogP contribution in [0.5, 0.6) is 0 Å². The van der Waals surface area contributed by atoms with Gasteiger partial charge >= 0.3 is 11.7 Å². The number of esters is 1. The summed E-state index contributed by atoms with van der Waals surface area (Å²) in [6, 6.07) is 4.23. The molecule has 5 nitrogen and oxygen atoms in total. The van der Waals surface area contributed by atoms with Gasteiger partial charge in [0.25, 0.3) is 0 Å². The normalized spacial score (nSPS) is 10.4. The summed E-state index contributed by atoms with van der Waals surface area (Å²) in [6.07, 6.45) is 6.46. The molecule has 0 N–H and O–H groups in total. The smallest absolute Gasteiger partial charge is 0.345 e. The minimum Gasteiger partial charge on any atom is -0.462 e. The highest BCUT2D eigenvalue weighted by atomic mass is 35.5. The third kappa shape index (κ3) is 5.71. The average Bonchev–Trinajstić information content (AvgIpc) is 2.45. The predicted octanol–water partition coefficient (Wildman–Crippen LogP) is 4.77. The van der Waals surface area contributed by atoms with Crippen molar-refractivity contribution in [1.82, 2.24) is 0 Å². The maximum absolute atomic E-state index is 11.9. The van der Waals surface area contributed by atoms with Crippen LogP contribution in [0.3, 0.4) is 0 Å². The van der Waals surface area contributed by atoms with Gasteiger partial charge in [0.1, 0.15) is 10.6 Å². The first-order chi connectivity index (χ1) is 10.1. The van der Waals surface area contributed by atoms with E-state index in [1.165, 1.54) is 37.5 Å². The lowest BCUT2D eigenvalue weighted by Crippen LogP contribution is -2.09. The molecule has 0 radical (unpaired) electrons. The zero-order valence-electron chi connectivity index (χ0n) is 12.1. The van der Waals surface area contributed by atoms with Gasteiger partial charge in [0.05, 0.1) is 11.5 Å². The molecule has 0 saturated heterocycles. The molecule has 0 spiro atoms. The van der Waals surface area contributed by atoms with Gasteiger partial charge in [0.2, 0.25) is 0 Å². The third-order valence-electron chi connectivity index (χ3n) is 3.12. The molecule has 6 heteroatoms. The van der Waals surface area contributed by atoms with Gasteiger partial charge in [-0.1, -0.05) is 56.7 Å². The number of para-hydroxylation sites is 1. The molecular weight excluding hydrogens is 294 g/mol. The second kappa shape index (κ2) is 9.34. The summed E-state index contributed by atoms with van der Waals surface area (Å²) in [4.78, 5) is 22.1. The van der Waals surface area contributed by atoms with Crippen LogP contribution in [0.25, 0.3) is 0 Å². The SMILES string of the molecule is CCCCCCCCOC(=O)c1cccc(Cl)c1[N+](=O)[O-]. The molecule has 0 aromatic heterocycles. The number of ether oxygens (including phenoxy) is 1. The summed E-state index contributed by atoms with van der Waals surface area (Å²) >= 11 is 5.75. The summed E-state index contributed by atoms with van der Waals surface area (Å²) in [5, 5.41) is 10.9. The number of benzene rings is 1. The molecule has 0 atom stereocenters. The molecule has 0 bridgehead atoms. The summed E-state index contributed by atoms with van der Waals surface area (Å²) in [6.45, 7) is 2.42. The minimum absolute atomic E-state index is 0.0611. The van der Waals surface area contributed by atoms with Gasteiger partial charge in [-0.3, -0.25) is 10.1 Å². The van der Waals surface area contributed by atoms with Crippen molar-refractivity contribution in [3.05, 3.63) is 38.9 Å². The van der Waals surface area contributed by atoms with Crippen molar-refractivity contribution < 1.29 is 14.5 Å². The van der Waals surface area contributed by atoms with E-state index >= 15 is 0 Å². The Morgan fingerprint density at radius 2 is 1.90 bits per heavy atom. The second-order valence-electron chi connectivity index (χ2n) is 4.80. The van der Waals surface area contributed by atoms with Crippen LogP contribution in [0.15, 0.2) is 18.2 Å². The highest BCUT2D eigenvalue weighted by molar-refractivity contribution is 6.33. The molecule has 116 valence electrons. The van der Waals surface area contributed by atoms with Crippen molar-refractivity contribution in [2.45, 2.75) is 45.4 Å². The molecule has 1 aromatic carbocycles. The Labute approximate surface area is 129 Å². The Morgan fingerprint density at radius 1 is 1.24 bits per heavy atom. The van der Waals surface area contributed by atoms with E-state index in [0.29, 0.717) is 0 Å². The van der Waals surface area contributed by atoms with Crippen LogP contribution < -0.4 is 0 Å². The molecule has 0 unspecified atom stereocenters. The maximum Gasteiger partial charge on any atom is 0.345 e. The average molecular weight is 314 g/mol. The molecule has 21 heavy (non-hydrogen) atoms. The van der Waals surface area contributed by atoms with E-state index in [0.717, 1.165) is 19.3 Å². The lowest BCUT2D eigenvalue weighted by Gasteiger charge is -2.06. The second-order valence-corrected chi connectivity index (χ2v) is 5.20. The highest BCUT2D eigenvalue weighted by Crippen LogP contribution is 2.28. The van der Waals surface area contributed by atoms with E-state index < -0.39 is 16.6 Å². The maximum atomic E-state index is 11.9. The number of halogens is 1. The van der Waals surface area contributed by atoms with Crippen molar-refractivity contribution in [2.24, 2.45) is 0 Å². The summed E-state index contributed by atoms with van der Waals surface area (Å²) in [5.74, 6) is -0.697. The molecule has 0 aliphatic carbocycles. The Balaban J connectivity index is 2.46. The monoisotopic (exact) mass is 313 g/mol. The van der Waals surface area contributed by atoms with Gasteiger partial charge in [0, 0.05) is 0 Å².